The van der Waals surface area contributed by atoms with Gasteiger partial charge in [0.2, 0.25) is 0 Å². The first-order chi connectivity index (χ1) is 23.0. The molecule has 5 nitrogen and oxygen atoms in total. The Hall–Kier alpha value is -2.29. The molecule has 2 fully saturated rings. The van der Waals surface area contributed by atoms with Crippen LogP contribution in [0.15, 0.2) is 36.4 Å². The average molecular weight is 923 g/mol. The predicted molar refractivity (Wildman–Crippen MR) is 159 cm³/mol. The van der Waals surface area contributed by atoms with E-state index in [0.29, 0.717) is 17.5 Å². The molecule has 0 unspecified atom stereocenters. The van der Waals surface area contributed by atoms with Crippen LogP contribution >= 0.6 is 0 Å². The van der Waals surface area contributed by atoms with Gasteiger partial charge in [0.25, 0.3) is 11.2 Å². The number of rotatable bonds is 4. The van der Waals surface area contributed by atoms with Crippen LogP contribution in [0, 0.1) is 36.7 Å². The smallest absolute Gasteiger partial charge is 0.430 e. The Morgan fingerprint density at radius 3 is 1.10 bits per heavy atom. The SMILES string of the molecule is CC(C)(C)[C]#[W].Cc1ccc([N-]c2ccc(C)cc2C(O)(C(F)(F)F)C(F)(F)F)c(C(O)(C(F)(F)F)C(F)(F)F)c1.[CH-]1CCCO1.[CH-]1CCCO1. The summed E-state index contributed by atoms with van der Waals surface area (Å²) in [6, 6.07) is 2.99. The number of halogens is 12. The first-order valence-electron chi connectivity index (χ1n) is 15.0. The molecule has 2 aliphatic rings. The second kappa shape index (κ2) is 18.2. The molecule has 2 aromatic carbocycles. The fraction of sp³-hybridized carbons (Fsp3) is 0.545. The molecule has 2 N–H and O–H groups in total. The number of ether oxygens (including phenoxy) is 2. The number of aliphatic hydroxyl groups is 2. The Kier molecular flexibility index (Phi) is 16.6. The number of aryl methyl sites for hydroxylation is 2. The standard InChI is InChI=1S/C20H14F12NO2.C5H9.2C4H7O.W/c1-9-3-5-13(11(7-9)15(34,17(21,22)23)18(24,25)26)33-14-6-4-10(2)8-12(14)16(35,19(27,28)29)20(30,31)32;1-5(2,3)4;2*1-2-4-5-3-1;/h3-8,34-35H,1-2H3;1-3H3;2*3H,1-2,4H2;/q-1;;2*-1;. The van der Waals surface area contributed by atoms with Crippen molar-refractivity contribution in [1.29, 1.82) is 0 Å². The third-order valence-corrected chi connectivity index (χ3v) is 8.88. The second-order valence-corrected chi connectivity index (χ2v) is 13.0. The van der Waals surface area contributed by atoms with Gasteiger partial charge >= 0.3 is 74.2 Å². The molecule has 4 rings (SSSR count). The molecule has 0 amide bonds. The van der Waals surface area contributed by atoms with Crippen molar-refractivity contribution in [3.8, 4) is 4.20 Å². The molecule has 51 heavy (non-hydrogen) atoms. The fourth-order valence-corrected chi connectivity index (χ4v) is 3.97. The molecule has 18 heteroatoms. The number of nitrogens with zero attached hydrogens (tertiary/aromatic N) is 1. The van der Waals surface area contributed by atoms with E-state index in [9.17, 15) is 62.9 Å². The van der Waals surface area contributed by atoms with Crippen LogP contribution in [0.5, 0.6) is 0 Å². The summed E-state index contributed by atoms with van der Waals surface area (Å²) < 4.78 is 174. The Bertz CT molecular complexity index is 1300. The third kappa shape index (κ3) is 12.7. The van der Waals surface area contributed by atoms with Crippen molar-refractivity contribution < 1.29 is 91.5 Å². The van der Waals surface area contributed by atoms with E-state index >= 15 is 0 Å². The fourth-order valence-electron chi connectivity index (χ4n) is 3.97. The maximum atomic E-state index is 13.4. The van der Waals surface area contributed by atoms with Crippen LogP contribution in [-0.2, 0) is 39.8 Å². The van der Waals surface area contributed by atoms with E-state index in [1.807, 2.05) is 13.2 Å². The van der Waals surface area contributed by atoms with Gasteiger partial charge in [-0.1, -0.05) is 60.4 Å². The summed E-state index contributed by atoms with van der Waals surface area (Å²) in [5.74, 6) is 0. The minimum atomic E-state index is -6.42. The molecule has 0 bridgehead atoms. The summed E-state index contributed by atoms with van der Waals surface area (Å²) in [5.41, 5.74) is -18.3. The Balaban J connectivity index is 0.000000658. The van der Waals surface area contributed by atoms with Gasteiger partial charge in [-0.15, -0.1) is 11.4 Å². The van der Waals surface area contributed by atoms with Gasteiger partial charge in [-0.3, -0.25) is 0 Å². The third-order valence-electron chi connectivity index (χ3n) is 6.68. The summed E-state index contributed by atoms with van der Waals surface area (Å²) in [5, 5.41) is 22.7. The first kappa shape index (κ1) is 46.7. The molecular formula is C33H37F12NO4W-3. The van der Waals surface area contributed by atoms with E-state index in [1.165, 1.54) is 32.0 Å². The van der Waals surface area contributed by atoms with Crippen LogP contribution in [0.2, 0.25) is 0 Å². The van der Waals surface area contributed by atoms with Crippen LogP contribution in [0.25, 0.3) is 5.32 Å². The largest absolute Gasteiger partial charge is 0.657 e. The van der Waals surface area contributed by atoms with E-state index in [2.05, 4.69) is 30.3 Å². The molecule has 0 spiro atoms. The van der Waals surface area contributed by atoms with Gasteiger partial charge in [0.15, 0.2) is 0 Å². The topological polar surface area (TPSA) is 73.0 Å². The maximum Gasteiger partial charge on any atom is 0.430 e. The van der Waals surface area contributed by atoms with E-state index in [0.717, 1.165) is 52.0 Å². The van der Waals surface area contributed by atoms with Gasteiger partial charge in [0.05, 0.1) is 0 Å². The summed E-state index contributed by atoms with van der Waals surface area (Å²) in [6.45, 7) is 14.1. The van der Waals surface area contributed by atoms with E-state index in [4.69, 9.17) is 9.47 Å². The van der Waals surface area contributed by atoms with Gasteiger partial charge in [-0.05, 0) is 25.0 Å². The Morgan fingerprint density at radius 2 is 0.922 bits per heavy atom. The first-order valence-corrected chi connectivity index (χ1v) is 16.4. The van der Waals surface area contributed by atoms with Crippen LogP contribution in [0.4, 0.5) is 64.1 Å². The van der Waals surface area contributed by atoms with Crippen molar-refractivity contribution >= 4 is 11.4 Å². The van der Waals surface area contributed by atoms with Gasteiger partial charge in [0, 0.05) is 13.2 Å². The molecule has 2 aromatic rings. The Labute approximate surface area is 298 Å². The van der Waals surface area contributed by atoms with Gasteiger partial charge < -0.3 is 25.0 Å². The molecule has 2 heterocycles. The summed E-state index contributed by atoms with van der Waals surface area (Å²) in [6.07, 6.45) is -20.9. The molecule has 2 saturated heterocycles. The number of alkyl halides is 12. The van der Waals surface area contributed by atoms with Crippen LogP contribution in [0.1, 0.15) is 68.7 Å². The Morgan fingerprint density at radius 1 is 0.627 bits per heavy atom. The minimum Gasteiger partial charge on any atom is -0.657 e. The van der Waals surface area contributed by atoms with Crippen LogP contribution in [0.3, 0.4) is 0 Å². The van der Waals surface area contributed by atoms with Crippen molar-refractivity contribution in [3.05, 3.63) is 77.2 Å². The molecular weight excluding hydrogens is 886 g/mol. The molecule has 0 radical (unpaired) electrons. The van der Waals surface area contributed by atoms with Crippen molar-refractivity contribution in [3.63, 3.8) is 0 Å². The number of hydrogen-bond donors (Lipinski definition) is 2. The molecule has 2 aliphatic heterocycles. The van der Waals surface area contributed by atoms with Crippen molar-refractivity contribution in [2.75, 3.05) is 13.2 Å². The molecule has 291 valence electrons. The zero-order chi connectivity index (χ0) is 39.7. The minimum absolute atomic E-state index is 0.188. The summed E-state index contributed by atoms with van der Waals surface area (Å²) >= 11 is 1.44. The van der Waals surface area contributed by atoms with Crippen LogP contribution in [-0.4, -0.2) is 48.1 Å². The van der Waals surface area contributed by atoms with Crippen LogP contribution < -0.4 is 0 Å². The van der Waals surface area contributed by atoms with Gasteiger partial charge in [0.1, 0.15) is 0 Å². The van der Waals surface area contributed by atoms with E-state index in [-0.39, 0.29) is 23.3 Å². The second-order valence-electron chi connectivity index (χ2n) is 12.3. The van der Waals surface area contributed by atoms with E-state index < -0.39 is 58.4 Å². The van der Waals surface area contributed by atoms with E-state index in [1.54, 1.807) is 0 Å². The van der Waals surface area contributed by atoms with Crippen molar-refractivity contribution in [1.82, 2.24) is 0 Å². The van der Waals surface area contributed by atoms with Crippen molar-refractivity contribution in [2.24, 2.45) is 5.41 Å². The van der Waals surface area contributed by atoms with Gasteiger partial charge in [-0.2, -0.15) is 65.5 Å². The van der Waals surface area contributed by atoms with Crippen molar-refractivity contribution in [2.45, 2.75) is 96.2 Å². The molecule has 0 aliphatic carbocycles. The molecule has 0 aromatic heterocycles. The zero-order valence-electron chi connectivity index (χ0n) is 28.0. The predicted octanol–water partition coefficient (Wildman–Crippen LogP) is 10.7. The normalized spacial score (nSPS) is 15.7. The maximum absolute atomic E-state index is 13.4. The number of benzene rings is 2. The van der Waals surface area contributed by atoms with Gasteiger partial charge in [-0.25, -0.2) is 13.2 Å². The molecule has 0 saturated carbocycles. The number of hydrogen-bond acceptors (Lipinski definition) is 4. The summed E-state index contributed by atoms with van der Waals surface area (Å²) in [4.78, 5) is 0. The average Bonchev–Trinajstić information content (AvgIpc) is 3.76. The zero-order valence-corrected chi connectivity index (χ0v) is 30.9. The summed E-state index contributed by atoms with van der Waals surface area (Å²) in [7, 11) is 0. The quantitative estimate of drug-likeness (QED) is 0.237. The monoisotopic (exact) mass is 923 g/mol. The molecule has 0 atom stereocenters.